The van der Waals surface area contributed by atoms with Crippen molar-refractivity contribution < 1.29 is 0 Å². The number of aromatic nitrogens is 1. The van der Waals surface area contributed by atoms with Crippen LogP contribution in [0.5, 0.6) is 0 Å². The van der Waals surface area contributed by atoms with E-state index in [9.17, 15) is 0 Å². The van der Waals surface area contributed by atoms with Gasteiger partial charge in [0.1, 0.15) is 0 Å². The number of fused-ring (bicyclic) bond motifs is 2. The number of hydrogen-bond acceptors (Lipinski definition) is 1. The van der Waals surface area contributed by atoms with Gasteiger partial charge in [0.15, 0.2) is 0 Å². The zero-order valence-corrected chi connectivity index (χ0v) is 12.6. The normalized spacial score (nSPS) is 11.1. The highest BCUT2D eigenvalue weighted by Gasteiger charge is 2.15. The topological polar surface area (TPSA) is 12.9 Å². The summed E-state index contributed by atoms with van der Waals surface area (Å²) in [6, 6.07) is 25.5. The molecule has 0 N–H and O–H groups in total. The lowest BCUT2D eigenvalue weighted by molar-refractivity contribution is 1.16. The summed E-state index contributed by atoms with van der Waals surface area (Å²) in [7, 11) is 0. The molecule has 0 saturated carbocycles. The van der Waals surface area contributed by atoms with Crippen LogP contribution in [-0.4, -0.2) is 4.98 Å². The van der Waals surface area contributed by atoms with E-state index in [-0.39, 0.29) is 0 Å². The van der Waals surface area contributed by atoms with Gasteiger partial charge < -0.3 is 0 Å². The van der Waals surface area contributed by atoms with Crippen LogP contribution < -0.4 is 0 Å². The zero-order chi connectivity index (χ0) is 14.9. The molecule has 0 bridgehead atoms. The Bertz CT molecular complexity index is 924. The molecule has 1 aromatic heterocycles. The highest BCUT2D eigenvalue weighted by molar-refractivity contribution is 5.90. The summed E-state index contributed by atoms with van der Waals surface area (Å²) in [5, 5.41) is 1.18. The van der Waals surface area contributed by atoms with Gasteiger partial charge in [-0.2, -0.15) is 0 Å². The molecule has 0 saturated heterocycles. The van der Waals surface area contributed by atoms with Crippen LogP contribution in [0.3, 0.4) is 0 Å². The van der Waals surface area contributed by atoms with Crippen LogP contribution >= 0.6 is 0 Å². The van der Waals surface area contributed by atoms with Crippen molar-refractivity contribution in [3.63, 3.8) is 0 Å². The van der Waals surface area contributed by atoms with E-state index in [4.69, 9.17) is 4.98 Å². The van der Waals surface area contributed by atoms with Crippen LogP contribution in [0.2, 0.25) is 0 Å². The van der Waals surface area contributed by atoms with E-state index in [0.717, 1.165) is 17.6 Å². The largest absolute Gasteiger partial charge is 0.248 e. The maximum Gasteiger partial charge on any atom is 0.0716 e. The minimum absolute atomic E-state index is 1.04. The molecule has 0 fully saturated rings. The molecule has 1 nitrogen and oxygen atoms in total. The second kappa shape index (κ2) is 5.27. The van der Waals surface area contributed by atoms with Gasteiger partial charge in [0.05, 0.1) is 11.2 Å². The van der Waals surface area contributed by atoms with Crippen molar-refractivity contribution in [3.8, 4) is 22.4 Å². The Morgan fingerprint density at radius 1 is 0.727 bits per heavy atom. The highest BCUT2D eigenvalue weighted by atomic mass is 14.7. The van der Waals surface area contributed by atoms with Crippen LogP contribution in [0, 0.1) is 0 Å². The summed E-state index contributed by atoms with van der Waals surface area (Å²) in [4.78, 5) is 4.86. The van der Waals surface area contributed by atoms with Crippen LogP contribution in [0.4, 0.5) is 0 Å². The predicted molar refractivity (Wildman–Crippen MR) is 93.2 cm³/mol. The van der Waals surface area contributed by atoms with Crippen molar-refractivity contribution in [2.75, 3.05) is 0 Å². The predicted octanol–water partition coefficient (Wildman–Crippen LogP) is 5.57. The molecule has 0 unspecified atom stereocenters. The Kier molecular flexibility index (Phi) is 3.12. The van der Waals surface area contributed by atoms with Gasteiger partial charge in [-0.15, -0.1) is 0 Å². The smallest absolute Gasteiger partial charge is 0.0716 e. The second-order valence-electron chi connectivity index (χ2n) is 5.56. The Hall–Kier alpha value is -2.67. The van der Waals surface area contributed by atoms with Crippen LogP contribution in [-0.2, 0) is 6.42 Å². The standard InChI is InChI=1S/C21H17N/c1-2-15-14-19(18-10-5-3-4-9-17(15)18)21-13-12-16-8-6-7-11-20(16)22-21/h3-14H,2H2,1H3. The summed E-state index contributed by atoms with van der Waals surface area (Å²) in [5.41, 5.74) is 7.33. The molecule has 0 amide bonds. The molecule has 1 heterocycles. The van der Waals surface area contributed by atoms with E-state index >= 15 is 0 Å². The lowest BCUT2D eigenvalue weighted by Crippen LogP contribution is -1.84. The molecule has 0 aliphatic heterocycles. The first kappa shape index (κ1) is 13.0. The van der Waals surface area contributed by atoms with Gasteiger partial charge in [0.25, 0.3) is 0 Å². The second-order valence-corrected chi connectivity index (χ2v) is 5.56. The lowest BCUT2D eigenvalue weighted by Gasteiger charge is -2.04. The molecule has 1 heteroatoms. The molecule has 0 radical (unpaired) electrons. The van der Waals surface area contributed by atoms with Crippen molar-refractivity contribution in [1.82, 2.24) is 4.98 Å². The first-order valence-corrected chi connectivity index (χ1v) is 7.73. The number of aryl methyl sites for hydroxylation is 1. The van der Waals surface area contributed by atoms with Gasteiger partial charge in [0.2, 0.25) is 0 Å². The summed E-state index contributed by atoms with van der Waals surface area (Å²) in [5.74, 6) is 0. The third-order valence-corrected chi connectivity index (χ3v) is 4.25. The number of rotatable bonds is 2. The summed E-state index contributed by atoms with van der Waals surface area (Å²) >= 11 is 0. The molecule has 2 aromatic rings. The van der Waals surface area contributed by atoms with Crippen molar-refractivity contribution in [3.05, 3.63) is 78.4 Å². The maximum absolute atomic E-state index is 4.86. The third-order valence-electron chi connectivity index (χ3n) is 4.25. The summed E-state index contributed by atoms with van der Waals surface area (Å²) in [6.07, 6.45) is 1.04. The number of para-hydroxylation sites is 1. The van der Waals surface area contributed by atoms with E-state index in [2.05, 4.69) is 73.7 Å². The average Bonchev–Trinajstić information content (AvgIpc) is 2.75. The molecular formula is C21H17N. The van der Waals surface area contributed by atoms with E-state index in [1.807, 2.05) is 6.07 Å². The van der Waals surface area contributed by atoms with E-state index < -0.39 is 0 Å². The molecule has 106 valence electrons. The van der Waals surface area contributed by atoms with E-state index in [1.165, 1.54) is 27.6 Å². The number of pyridine rings is 1. The molecule has 22 heavy (non-hydrogen) atoms. The van der Waals surface area contributed by atoms with Gasteiger partial charge in [-0.25, -0.2) is 4.98 Å². The fourth-order valence-corrected chi connectivity index (χ4v) is 3.11. The van der Waals surface area contributed by atoms with Gasteiger partial charge in [-0.1, -0.05) is 61.5 Å². The average molecular weight is 283 g/mol. The molecule has 0 spiro atoms. The quantitative estimate of drug-likeness (QED) is 0.468. The van der Waals surface area contributed by atoms with Crippen molar-refractivity contribution >= 4 is 10.9 Å². The fourth-order valence-electron chi connectivity index (χ4n) is 3.11. The van der Waals surface area contributed by atoms with Crippen LogP contribution in [0.15, 0.2) is 72.8 Å². The van der Waals surface area contributed by atoms with Gasteiger partial charge in [-0.05, 0) is 41.3 Å². The first-order chi connectivity index (χ1) is 10.9. The lowest BCUT2D eigenvalue weighted by atomic mass is 10.0. The Morgan fingerprint density at radius 3 is 2.36 bits per heavy atom. The monoisotopic (exact) mass is 283 g/mol. The summed E-state index contributed by atoms with van der Waals surface area (Å²) < 4.78 is 0. The summed E-state index contributed by atoms with van der Waals surface area (Å²) in [6.45, 7) is 2.21. The maximum atomic E-state index is 4.86. The molecule has 2 aliphatic rings. The number of hydrogen-bond donors (Lipinski definition) is 0. The fraction of sp³-hybridized carbons (Fsp3) is 0.0952. The molecule has 1 aromatic carbocycles. The molecular weight excluding hydrogens is 266 g/mol. The number of nitrogens with zero attached hydrogens (tertiary/aromatic N) is 1. The van der Waals surface area contributed by atoms with E-state index in [0.29, 0.717) is 0 Å². The molecule has 2 aliphatic carbocycles. The van der Waals surface area contributed by atoms with Gasteiger partial charge in [-0.3, -0.25) is 0 Å². The number of benzene rings is 1. The van der Waals surface area contributed by atoms with Gasteiger partial charge >= 0.3 is 0 Å². The van der Waals surface area contributed by atoms with E-state index in [1.54, 1.807) is 0 Å². The molecule has 0 atom stereocenters. The minimum atomic E-state index is 1.04. The Labute approximate surface area is 130 Å². The first-order valence-electron chi connectivity index (χ1n) is 7.73. The third kappa shape index (κ3) is 2.06. The van der Waals surface area contributed by atoms with Crippen molar-refractivity contribution in [2.24, 2.45) is 0 Å². The van der Waals surface area contributed by atoms with Gasteiger partial charge in [0, 0.05) is 10.9 Å². The van der Waals surface area contributed by atoms with Crippen molar-refractivity contribution in [1.29, 1.82) is 0 Å². The highest BCUT2D eigenvalue weighted by Crippen LogP contribution is 2.38. The Morgan fingerprint density at radius 2 is 1.50 bits per heavy atom. The minimum Gasteiger partial charge on any atom is -0.248 e. The van der Waals surface area contributed by atoms with Crippen LogP contribution in [0.25, 0.3) is 33.3 Å². The molecule has 4 rings (SSSR count). The zero-order valence-electron chi connectivity index (χ0n) is 12.6. The SMILES string of the molecule is CCc1cc(-c2ccc3ccccc3n2)c2cccccc1-2. The van der Waals surface area contributed by atoms with Crippen molar-refractivity contribution in [2.45, 2.75) is 13.3 Å². The van der Waals surface area contributed by atoms with Crippen LogP contribution in [0.1, 0.15) is 12.5 Å². The Balaban J connectivity index is 1.97.